The maximum absolute atomic E-state index is 14.2. The van der Waals surface area contributed by atoms with Gasteiger partial charge in [-0.05, 0) is 41.2 Å². The van der Waals surface area contributed by atoms with Crippen molar-refractivity contribution in [2.75, 3.05) is 14.2 Å². The summed E-state index contributed by atoms with van der Waals surface area (Å²) in [5.41, 5.74) is 0.589. The number of ether oxygens (including phenoxy) is 1. The zero-order valence-corrected chi connectivity index (χ0v) is 12.4. The Labute approximate surface area is 118 Å². The van der Waals surface area contributed by atoms with Crippen molar-refractivity contribution in [1.29, 1.82) is 0 Å². The molecule has 96 valence electrons. The Hall–Kier alpha value is -0.910. The van der Waals surface area contributed by atoms with Crippen LogP contribution in [-0.2, 0) is 0 Å². The van der Waals surface area contributed by atoms with Crippen molar-refractivity contribution in [2.24, 2.45) is 0 Å². The Bertz CT molecular complexity index is 544. The highest BCUT2D eigenvalue weighted by Gasteiger charge is 2.20. The molecule has 18 heavy (non-hydrogen) atoms. The van der Waals surface area contributed by atoms with Crippen LogP contribution in [0.15, 0.2) is 34.1 Å². The van der Waals surface area contributed by atoms with E-state index in [1.807, 2.05) is 19.2 Å². The Morgan fingerprint density at radius 2 is 2.11 bits per heavy atom. The fraction of sp³-hybridized carbons (Fsp3) is 0.231. The van der Waals surface area contributed by atoms with E-state index in [2.05, 4.69) is 21.2 Å². The van der Waals surface area contributed by atoms with Gasteiger partial charge in [0.05, 0.1) is 16.9 Å². The quantitative estimate of drug-likeness (QED) is 0.916. The fourth-order valence-electron chi connectivity index (χ4n) is 1.84. The molecule has 0 amide bonds. The topological polar surface area (TPSA) is 21.3 Å². The zero-order chi connectivity index (χ0) is 13.1. The van der Waals surface area contributed by atoms with Crippen LogP contribution >= 0.6 is 27.3 Å². The average Bonchev–Trinajstić information content (AvgIpc) is 2.79. The second-order valence-corrected chi connectivity index (χ2v) is 6.22. The third-order valence-corrected chi connectivity index (χ3v) is 4.38. The molecule has 0 bridgehead atoms. The van der Waals surface area contributed by atoms with Crippen molar-refractivity contribution in [3.05, 3.63) is 50.4 Å². The van der Waals surface area contributed by atoms with Crippen LogP contribution in [0.4, 0.5) is 4.39 Å². The minimum Gasteiger partial charge on any atom is -0.494 e. The van der Waals surface area contributed by atoms with Crippen LogP contribution in [-0.4, -0.2) is 14.2 Å². The maximum atomic E-state index is 14.2. The highest BCUT2D eigenvalue weighted by Crippen LogP contribution is 2.34. The molecular weight excluding hydrogens is 317 g/mol. The van der Waals surface area contributed by atoms with E-state index in [0.29, 0.717) is 5.56 Å². The van der Waals surface area contributed by atoms with Crippen LogP contribution in [0.1, 0.15) is 16.5 Å². The standard InChI is InChI=1S/C13H13BrFNOS/c1-16-13(10-6-7-11(14)18-10)8-4-3-5-9(17-2)12(8)15/h3-7,13,16H,1-2H3. The lowest BCUT2D eigenvalue weighted by Gasteiger charge is -2.17. The molecule has 2 aromatic rings. The largest absolute Gasteiger partial charge is 0.494 e. The Balaban J connectivity index is 2.45. The first kappa shape index (κ1) is 13.5. The Kier molecular flexibility index (Phi) is 4.37. The predicted molar refractivity (Wildman–Crippen MR) is 75.9 cm³/mol. The van der Waals surface area contributed by atoms with Gasteiger partial charge < -0.3 is 10.1 Å². The van der Waals surface area contributed by atoms with Gasteiger partial charge in [-0.1, -0.05) is 12.1 Å². The summed E-state index contributed by atoms with van der Waals surface area (Å²) in [6.07, 6.45) is 0. The van der Waals surface area contributed by atoms with Gasteiger partial charge >= 0.3 is 0 Å². The van der Waals surface area contributed by atoms with Gasteiger partial charge in [-0.15, -0.1) is 11.3 Å². The van der Waals surface area contributed by atoms with Crippen LogP contribution in [0.5, 0.6) is 5.75 Å². The number of nitrogens with one attached hydrogen (secondary N) is 1. The van der Waals surface area contributed by atoms with E-state index in [0.717, 1.165) is 8.66 Å². The van der Waals surface area contributed by atoms with Crippen molar-refractivity contribution in [1.82, 2.24) is 5.32 Å². The second kappa shape index (κ2) is 5.82. The van der Waals surface area contributed by atoms with E-state index in [1.54, 1.807) is 29.5 Å². The number of halogens is 2. The summed E-state index contributed by atoms with van der Waals surface area (Å²) in [7, 11) is 3.29. The molecule has 1 aromatic carbocycles. The molecule has 1 unspecified atom stereocenters. The van der Waals surface area contributed by atoms with Crippen molar-refractivity contribution in [3.8, 4) is 5.75 Å². The number of thiophene rings is 1. The summed E-state index contributed by atoms with van der Waals surface area (Å²) in [5, 5.41) is 3.13. The molecule has 0 aliphatic rings. The zero-order valence-electron chi connectivity index (χ0n) is 10.0. The SMILES string of the molecule is CNC(c1ccc(Br)s1)c1cccc(OC)c1F. The third kappa shape index (κ3) is 2.58. The molecule has 0 aliphatic carbocycles. The number of hydrogen-bond donors (Lipinski definition) is 1. The maximum Gasteiger partial charge on any atom is 0.170 e. The molecule has 1 aromatic heterocycles. The van der Waals surface area contributed by atoms with Crippen LogP contribution in [0, 0.1) is 5.82 Å². The summed E-state index contributed by atoms with van der Waals surface area (Å²) in [6, 6.07) is 8.96. The van der Waals surface area contributed by atoms with Gasteiger partial charge in [0.2, 0.25) is 0 Å². The molecule has 0 aliphatic heterocycles. The number of benzene rings is 1. The summed E-state index contributed by atoms with van der Waals surface area (Å²) < 4.78 is 20.3. The van der Waals surface area contributed by atoms with Crippen LogP contribution in [0.3, 0.4) is 0 Å². The molecule has 0 spiro atoms. The molecule has 5 heteroatoms. The average molecular weight is 330 g/mol. The highest BCUT2D eigenvalue weighted by molar-refractivity contribution is 9.11. The number of hydrogen-bond acceptors (Lipinski definition) is 3. The van der Waals surface area contributed by atoms with Gasteiger partial charge in [0, 0.05) is 10.4 Å². The normalized spacial score (nSPS) is 12.4. The summed E-state index contributed by atoms with van der Waals surface area (Å²) in [6.45, 7) is 0. The fourth-order valence-corrected chi connectivity index (χ4v) is 3.40. The molecule has 0 saturated carbocycles. The molecule has 1 atom stereocenters. The molecule has 1 heterocycles. The van der Waals surface area contributed by atoms with Gasteiger partial charge in [0.15, 0.2) is 11.6 Å². The summed E-state index contributed by atoms with van der Waals surface area (Å²) in [5.74, 6) is -0.0488. The lowest BCUT2D eigenvalue weighted by molar-refractivity contribution is 0.382. The first-order valence-electron chi connectivity index (χ1n) is 5.42. The Morgan fingerprint density at radius 1 is 1.33 bits per heavy atom. The molecule has 0 saturated heterocycles. The molecule has 2 nitrogen and oxygen atoms in total. The van der Waals surface area contributed by atoms with E-state index in [-0.39, 0.29) is 17.6 Å². The van der Waals surface area contributed by atoms with E-state index in [4.69, 9.17) is 4.74 Å². The van der Waals surface area contributed by atoms with Crippen molar-refractivity contribution < 1.29 is 9.13 Å². The lowest BCUT2D eigenvalue weighted by Crippen LogP contribution is -2.18. The van der Waals surface area contributed by atoms with E-state index in [9.17, 15) is 4.39 Å². The van der Waals surface area contributed by atoms with Gasteiger partial charge in [-0.3, -0.25) is 0 Å². The highest BCUT2D eigenvalue weighted by atomic mass is 79.9. The molecule has 0 radical (unpaired) electrons. The Morgan fingerprint density at radius 3 is 2.67 bits per heavy atom. The second-order valence-electron chi connectivity index (χ2n) is 3.73. The van der Waals surface area contributed by atoms with Crippen molar-refractivity contribution in [3.63, 3.8) is 0 Å². The van der Waals surface area contributed by atoms with Crippen LogP contribution < -0.4 is 10.1 Å². The van der Waals surface area contributed by atoms with E-state index >= 15 is 0 Å². The summed E-state index contributed by atoms with van der Waals surface area (Å²) in [4.78, 5) is 1.05. The minimum atomic E-state index is -0.316. The molecular formula is C13H13BrFNOS. The molecule has 0 fully saturated rings. The monoisotopic (exact) mass is 329 g/mol. The van der Waals surface area contributed by atoms with E-state index in [1.165, 1.54) is 7.11 Å². The first-order valence-corrected chi connectivity index (χ1v) is 7.03. The van der Waals surface area contributed by atoms with Gasteiger partial charge in [-0.25, -0.2) is 4.39 Å². The smallest absolute Gasteiger partial charge is 0.170 e. The molecule has 2 rings (SSSR count). The number of methoxy groups -OCH3 is 1. The third-order valence-electron chi connectivity index (χ3n) is 2.69. The minimum absolute atomic E-state index is 0.170. The predicted octanol–water partition coefficient (Wildman–Crippen LogP) is 3.97. The van der Waals surface area contributed by atoms with Gasteiger partial charge in [0.25, 0.3) is 0 Å². The van der Waals surface area contributed by atoms with Crippen molar-refractivity contribution in [2.45, 2.75) is 6.04 Å². The molecule has 1 N–H and O–H groups in total. The van der Waals surface area contributed by atoms with E-state index < -0.39 is 0 Å². The van der Waals surface area contributed by atoms with Crippen LogP contribution in [0.25, 0.3) is 0 Å². The van der Waals surface area contributed by atoms with Gasteiger partial charge in [-0.2, -0.15) is 0 Å². The van der Waals surface area contributed by atoms with Crippen molar-refractivity contribution >= 4 is 27.3 Å². The summed E-state index contributed by atoms with van der Waals surface area (Å²) >= 11 is 5.01. The van der Waals surface area contributed by atoms with Crippen LogP contribution in [0.2, 0.25) is 0 Å². The number of rotatable bonds is 4. The lowest BCUT2D eigenvalue weighted by atomic mass is 10.0. The van der Waals surface area contributed by atoms with Gasteiger partial charge in [0.1, 0.15) is 0 Å². The first-order chi connectivity index (χ1) is 8.67.